The summed E-state index contributed by atoms with van der Waals surface area (Å²) in [7, 11) is 1.89. The molecule has 0 bridgehead atoms. The molecule has 1 fully saturated rings. The van der Waals surface area contributed by atoms with E-state index in [1.807, 2.05) is 41.0 Å². The number of amides is 1. The second-order valence-corrected chi connectivity index (χ2v) is 6.59. The van der Waals surface area contributed by atoms with Crippen LogP contribution in [0.2, 0.25) is 0 Å². The lowest BCUT2D eigenvalue weighted by Gasteiger charge is -2.17. The smallest absolute Gasteiger partial charge is 0.227 e. The van der Waals surface area contributed by atoms with Gasteiger partial charge in [0.1, 0.15) is 0 Å². The van der Waals surface area contributed by atoms with E-state index in [1.54, 1.807) is 6.92 Å². The molecular weight excluding hydrogens is 286 g/mol. The van der Waals surface area contributed by atoms with Crippen molar-refractivity contribution in [1.82, 2.24) is 9.78 Å². The van der Waals surface area contributed by atoms with E-state index in [-0.39, 0.29) is 16.9 Å². The first-order chi connectivity index (χ1) is 10.0. The molecule has 1 atom stereocenters. The van der Waals surface area contributed by atoms with Gasteiger partial charge in [-0.3, -0.25) is 14.3 Å². The summed E-state index contributed by atoms with van der Waals surface area (Å²) in [6.45, 7) is 2.25. The van der Waals surface area contributed by atoms with E-state index in [9.17, 15) is 9.59 Å². The van der Waals surface area contributed by atoms with Crippen molar-refractivity contribution in [2.45, 2.75) is 13.3 Å². The molecular formula is C15H17N3O2S. The summed E-state index contributed by atoms with van der Waals surface area (Å²) in [5.41, 5.74) is 1.92. The van der Waals surface area contributed by atoms with Crippen molar-refractivity contribution < 1.29 is 9.59 Å². The molecule has 2 aromatic rings. The monoisotopic (exact) mass is 303 g/mol. The number of rotatable bonds is 3. The summed E-state index contributed by atoms with van der Waals surface area (Å²) < 4.78 is 1.81. The van der Waals surface area contributed by atoms with Crippen molar-refractivity contribution in [2.24, 2.45) is 13.0 Å². The molecule has 1 saturated heterocycles. The van der Waals surface area contributed by atoms with Gasteiger partial charge in [0.25, 0.3) is 0 Å². The number of thioether (sulfide) groups is 1. The minimum absolute atomic E-state index is 0.109. The minimum atomic E-state index is 0.109. The molecule has 1 amide bonds. The van der Waals surface area contributed by atoms with Crippen LogP contribution in [0.1, 0.15) is 13.3 Å². The SMILES string of the molecule is CC(=O)SCC1CC(=O)N(c2ccc3cnn(C)c3c2)C1. The Bertz CT molecular complexity index is 710. The second kappa shape index (κ2) is 5.52. The first-order valence-corrected chi connectivity index (χ1v) is 7.88. The predicted octanol–water partition coefficient (Wildman–Crippen LogP) is 2.21. The zero-order chi connectivity index (χ0) is 15.0. The highest BCUT2D eigenvalue weighted by Gasteiger charge is 2.30. The third kappa shape index (κ3) is 2.81. The summed E-state index contributed by atoms with van der Waals surface area (Å²) in [5, 5.41) is 5.39. The molecule has 1 aromatic heterocycles. The number of carbonyl (C=O) groups is 2. The summed E-state index contributed by atoms with van der Waals surface area (Å²) in [5.74, 6) is 1.09. The Morgan fingerprint density at radius 1 is 1.48 bits per heavy atom. The van der Waals surface area contributed by atoms with Crippen LogP contribution >= 0.6 is 11.8 Å². The Kier molecular flexibility index (Phi) is 3.71. The van der Waals surface area contributed by atoms with Gasteiger partial charge in [0.15, 0.2) is 5.12 Å². The number of benzene rings is 1. The van der Waals surface area contributed by atoms with Crippen LogP contribution in [0, 0.1) is 5.92 Å². The number of carbonyl (C=O) groups excluding carboxylic acids is 2. The normalized spacial score (nSPS) is 18.7. The first kappa shape index (κ1) is 14.1. The molecule has 1 aliphatic rings. The number of hydrogen-bond acceptors (Lipinski definition) is 4. The van der Waals surface area contributed by atoms with E-state index >= 15 is 0 Å². The topological polar surface area (TPSA) is 55.2 Å². The molecule has 2 heterocycles. The Balaban J connectivity index is 1.80. The zero-order valence-electron chi connectivity index (χ0n) is 12.1. The highest BCUT2D eigenvalue weighted by Crippen LogP contribution is 2.29. The minimum Gasteiger partial charge on any atom is -0.312 e. The van der Waals surface area contributed by atoms with Gasteiger partial charge in [-0.1, -0.05) is 11.8 Å². The standard InChI is InChI=1S/C15H17N3O2S/c1-10(19)21-9-11-5-15(20)18(8-11)13-4-3-12-7-16-17(2)14(12)6-13/h3-4,6-7,11H,5,8-9H2,1-2H3. The molecule has 0 spiro atoms. The number of hydrogen-bond donors (Lipinski definition) is 0. The fraction of sp³-hybridized carbons (Fsp3) is 0.400. The van der Waals surface area contributed by atoms with Crippen LogP contribution in [0.4, 0.5) is 5.69 Å². The van der Waals surface area contributed by atoms with Gasteiger partial charge in [0.2, 0.25) is 5.91 Å². The molecule has 110 valence electrons. The molecule has 6 heteroatoms. The maximum Gasteiger partial charge on any atom is 0.227 e. The molecule has 1 aliphatic heterocycles. The molecule has 0 N–H and O–H groups in total. The Labute approximate surface area is 127 Å². The average Bonchev–Trinajstić information content (AvgIpc) is 3.00. The number of nitrogens with zero attached hydrogens (tertiary/aromatic N) is 3. The van der Waals surface area contributed by atoms with Gasteiger partial charge < -0.3 is 4.90 Å². The van der Waals surface area contributed by atoms with Crippen LogP contribution in [0.5, 0.6) is 0 Å². The number of fused-ring (bicyclic) bond motifs is 1. The van der Waals surface area contributed by atoms with Gasteiger partial charge in [-0.25, -0.2) is 0 Å². The summed E-state index contributed by atoms with van der Waals surface area (Å²) in [6.07, 6.45) is 2.33. The fourth-order valence-electron chi connectivity index (χ4n) is 2.68. The number of aryl methyl sites for hydroxylation is 1. The van der Waals surface area contributed by atoms with Crippen LogP contribution in [0.3, 0.4) is 0 Å². The highest BCUT2D eigenvalue weighted by molar-refractivity contribution is 8.13. The summed E-state index contributed by atoms with van der Waals surface area (Å²) in [4.78, 5) is 25.1. The molecule has 1 unspecified atom stereocenters. The van der Waals surface area contributed by atoms with Crippen LogP contribution in [-0.4, -0.2) is 33.1 Å². The van der Waals surface area contributed by atoms with E-state index in [1.165, 1.54) is 11.8 Å². The van der Waals surface area contributed by atoms with Gasteiger partial charge in [-0.05, 0) is 24.1 Å². The fourth-order valence-corrected chi connectivity index (χ4v) is 3.37. The van der Waals surface area contributed by atoms with E-state index in [0.29, 0.717) is 18.7 Å². The van der Waals surface area contributed by atoms with E-state index < -0.39 is 0 Å². The van der Waals surface area contributed by atoms with Crippen LogP contribution in [0.25, 0.3) is 10.9 Å². The van der Waals surface area contributed by atoms with E-state index in [4.69, 9.17) is 0 Å². The van der Waals surface area contributed by atoms with E-state index in [2.05, 4.69) is 5.10 Å². The molecule has 3 rings (SSSR count). The largest absolute Gasteiger partial charge is 0.312 e. The molecule has 0 saturated carbocycles. The lowest BCUT2D eigenvalue weighted by molar-refractivity contribution is -0.117. The van der Waals surface area contributed by atoms with Crippen LogP contribution in [-0.2, 0) is 16.6 Å². The van der Waals surface area contributed by atoms with Crippen molar-refractivity contribution in [2.75, 3.05) is 17.2 Å². The molecule has 1 aromatic carbocycles. The Morgan fingerprint density at radius 3 is 3.05 bits per heavy atom. The van der Waals surface area contributed by atoms with Crippen molar-refractivity contribution >= 4 is 39.4 Å². The van der Waals surface area contributed by atoms with E-state index in [0.717, 1.165) is 16.6 Å². The highest BCUT2D eigenvalue weighted by atomic mass is 32.2. The lowest BCUT2D eigenvalue weighted by atomic mass is 10.1. The Morgan fingerprint density at radius 2 is 2.29 bits per heavy atom. The van der Waals surface area contributed by atoms with Gasteiger partial charge in [0, 0.05) is 43.8 Å². The van der Waals surface area contributed by atoms with Gasteiger partial charge in [0.05, 0.1) is 11.7 Å². The van der Waals surface area contributed by atoms with Crippen LogP contribution < -0.4 is 4.90 Å². The quantitative estimate of drug-likeness (QED) is 0.872. The molecule has 21 heavy (non-hydrogen) atoms. The lowest BCUT2D eigenvalue weighted by Crippen LogP contribution is -2.24. The summed E-state index contributed by atoms with van der Waals surface area (Å²) in [6, 6.07) is 5.95. The second-order valence-electron chi connectivity index (χ2n) is 5.39. The van der Waals surface area contributed by atoms with Crippen molar-refractivity contribution in [1.29, 1.82) is 0 Å². The van der Waals surface area contributed by atoms with Crippen molar-refractivity contribution in [3.8, 4) is 0 Å². The predicted molar refractivity (Wildman–Crippen MR) is 84.3 cm³/mol. The number of anilines is 1. The molecule has 0 radical (unpaired) electrons. The van der Waals surface area contributed by atoms with Gasteiger partial charge >= 0.3 is 0 Å². The molecule has 0 aliphatic carbocycles. The first-order valence-electron chi connectivity index (χ1n) is 6.90. The third-order valence-electron chi connectivity index (χ3n) is 3.77. The van der Waals surface area contributed by atoms with Gasteiger partial charge in [-0.2, -0.15) is 5.10 Å². The van der Waals surface area contributed by atoms with Crippen LogP contribution in [0.15, 0.2) is 24.4 Å². The van der Waals surface area contributed by atoms with Crippen molar-refractivity contribution in [3.63, 3.8) is 0 Å². The van der Waals surface area contributed by atoms with Gasteiger partial charge in [-0.15, -0.1) is 0 Å². The maximum atomic E-state index is 12.2. The maximum absolute atomic E-state index is 12.2. The number of aromatic nitrogens is 2. The average molecular weight is 303 g/mol. The zero-order valence-corrected chi connectivity index (χ0v) is 12.9. The molecule has 5 nitrogen and oxygen atoms in total. The summed E-state index contributed by atoms with van der Waals surface area (Å²) >= 11 is 1.30. The third-order valence-corrected chi connectivity index (χ3v) is 4.82. The Hall–Kier alpha value is -1.82. The van der Waals surface area contributed by atoms with Crippen molar-refractivity contribution in [3.05, 3.63) is 24.4 Å².